The largest absolute Gasteiger partial charge is 0.438 e. The number of nitrogens with zero attached hydrogens (tertiary/aromatic N) is 6. The molecule has 1 aliphatic carbocycles. The number of carbonyl (C=O) groups excluding carboxylic acids is 1. The maximum Gasteiger partial charge on any atom is 0.237 e. The fourth-order valence-corrected chi connectivity index (χ4v) is 7.09. The van der Waals surface area contributed by atoms with Crippen LogP contribution in [0.1, 0.15) is 24.8 Å². The van der Waals surface area contributed by atoms with Crippen LogP contribution in [-0.2, 0) is 16.1 Å². The van der Waals surface area contributed by atoms with Crippen LogP contribution in [0.5, 0.6) is 11.6 Å². The van der Waals surface area contributed by atoms with Crippen molar-refractivity contribution in [2.75, 3.05) is 18.5 Å². The predicted octanol–water partition coefficient (Wildman–Crippen LogP) is 5.00. The molecule has 3 aromatic heterocycles. The lowest BCUT2D eigenvalue weighted by Gasteiger charge is -2.26. The molecule has 3 aliphatic rings. The van der Waals surface area contributed by atoms with E-state index in [1.54, 1.807) is 4.52 Å². The second-order valence-corrected chi connectivity index (χ2v) is 12.5. The molecule has 2 bridgehead atoms. The van der Waals surface area contributed by atoms with Crippen molar-refractivity contribution >= 4 is 50.0 Å². The van der Waals surface area contributed by atoms with Crippen LogP contribution in [0.25, 0.3) is 15.9 Å². The number of ether oxygens (including phenoxy) is 2. The molecule has 12 heteroatoms. The molecule has 2 atom stereocenters. The van der Waals surface area contributed by atoms with Crippen LogP contribution in [-0.4, -0.2) is 60.9 Å². The highest BCUT2D eigenvalue weighted by molar-refractivity contribution is 7.99. The number of nitrogens with one attached hydrogen (secondary N) is 1. The normalized spacial score (nSPS) is 20.5. The zero-order chi connectivity index (χ0) is 26.6. The van der Waals surface area contributed by atoms with Crippen molar-refractivity contribution in [2.45, 2.75) is 48.0 Å². The molecule has 0 spiro atoms. The van der Waals surface area contributed by atoms with E-state index in [9.17, 15) is 4.79 Å². The molecule has 2 aromatic carbocycles. The van der Waals surface area contributed by atoms with Crippen molar-refractivity contribution in [1.82, 2.24) is 29.7 Å². The number of anilines is 1. The molecule has 202 valence electrons. The van der Waals surface area contributed by atoms with Gasteiger partial charge in [0.15, 0.2) is 10.8 Å². The van der Waals surface area contributed by atoms with Gasteiger partial charge in [-0.1, -0.05) is 23.5 Å². The topological polar surface area (TPSA) is 107 Å². The monoisotopic (exact) mass is 571 g/mol. The summed E-state index contributed by atoms with van der Waals surface area (Å²) in [5, 5.41) is 17.5. The van der Waals surface area contributed by atoms with Gasteiger partial charge in [0.05, 0.1) is 22.9 Å². The number of rotatable bonds is 8. The lowest BCUT2D eigenvalue weighted by atomic mass is 10.2. The molecule has 1 N–H and O–H groups in total. The number of carbonyl (C=O) groups is 1. The van der Waals surface area contributed by atoms with Gasteiger partial charge in [0.1, 0.15) is 5.75 Å². The summed E-state index contributed by atoms with van der Waals surface area (Å²) in [6.45, 7) is 2.72. The fraction of sp³-hybridized carbons (Fsp3) is 0.321. The molecule has 3 fully saturated rings. The highest BCUT2D eigenvalue weighted by Crippen LogP contribution is 2.35. The number of benzene rings is 2. The van der Waals surface area contributed by atoms with Crippen LogP contribution in [0.15, 0.2) is 64.6 Å². The Morgan fingerprint density at radius 1 is 1.15 bits per heavy atom. The summed E-state index contributed by atoms with van der Waals surface area (Å²) in [5.41, 5.74) is 2.70. The first-order chi connectivity index (χ1) is 19.6. The number of fused-ring (bicyclic) bond motifs is 4. The maximum absolute atomic E-state index is 12.1. The number of hydrogen-bond acceptors (Lipinski definition) is 10. The quantitative estimate of drug-likeness (QED) is 0.275. The van der Waals surface area contributed by atoms with Crippen molar-refractivity contribution in [3.05, 3.63) is 60.2 Å². The predicted molar refractivity (Wildman–Crippen MR) is 151 cm³/mol. The SMILES string of the molecule is O=C(Nc1nc2ccc(Sc3nnc4ccc(Oc5cccc(CN6C[C@@H]7C[C@H]6CO7)c5)nn34)cc2s1)C1CC1. The standard InChI is InChI=1S/C28H25N7O3S2/c36-26(17-4-5-17)30-27-29-22-7-6-21(12-23(22)40-27)39-28-32-31-24-8-9-25(33-35(24)28)38-19-3-1-2-16(10-19)13-34-14-20-11-18(34)15-37-20/h1-3,6-10,12,17-18,20H,4-5,11,13-15H2,(H,29,30,36)/t18-,20-/m0/s1. The second-order valence-electron chi connectivity index (χ2n) is 10.5. The van der Waals surface area contributed by atoms with Crippen LogP contribution in [0.4, 0.5) is 5.13 Å². The number of thiazole rings is 1. The Bertz CT molecular complexity index is 1750. The van der Waals surface area contributed by atoms with Gasteiger partial charge in [0, 0.05) is 36.0 Å². The molecule has 0 unspecified atom stereocenters. The molecule has 40 heavy (non-hydrogen) atoms. The summed E-state index contributed by atoms with van der Waals surface area (Å²) in [6, 6.07) is 18.4. The van der Waals surface area contributed by atoms with Gasteiger partial charge in [-0.15, -0.1) is 15.3 Å². The fourth-order valence-electron chi connectivity index (χ4n) is 5.29. The molecule has 5 aromatic rings. The van der Waals surface area contributed by atoms with Crippen molar-refractivity contribution in [1.29, 1.82) is 0 Å². The molecule has 10 nitrogen and oxygen atoms in total. The van der Waals surface area contributed by atoms with Crippen molar-refractivity contribution in [3.63, 3.8) is 0 Å². The number of aromatic nitrogens is 5. The van der Waals surface area contributed by atoms with Crippen LogP contribution in [0, 0.1) is 5.92 Å². The van der Waals surface area contributed by atoms with E-state index in [0.29, 0.717) is 34.0 Å². The van der Waals surface area contributed by atoms with Gasteiger partial charge in [-0.25, -0.2) is 4.98 Å². The first-order valence-electron chi connectivity index (χ1n) is 13.4. The average Bonchev–Trinajstić information content (AvgIpc) is 3.23. The van der Waals surface area contributed by atoms with Gasteiger partial charge in [0.25, 0.3) is 0 Å². The van der Waals surface area contributed by atoms with Gasteiger partial charge < -0.3 is 14.8 Å². The Balaban J connectivity index is 0.987. The van der Waals surface area contributed by atoms with E-state index in [4.69, 9.17) is 9.47 Å². The summed E-state index contributed by atoms with van der Waals surface area (Å²) in [7, 11) is 0. The minimum atomic E-state index is 0.0629. The molecule has 8 rings (SSSR count). The highest BCUT2D eigenvalue weighted by atomic mass is 32.2. The smallest absolute Gasteiger partial charge is 0.237 e. The van der Waals surface area contributed by atoms with Gasteiger partial charge in [-0.2, -0.15) is 4.52 Å². The summed E-state index contributed by atoms with van der Waals surface area (Å²) in [6.07, 6.45) is 3.45. The first kappa shape index (κ1) is 24.2. The Morgan fingerprint density at radius 3 is 2.95 bits per heavy atom. The van der Waals surface area contributed by atoms with E-state index in [1.165, 1.54) is 28.7 Å². The lowest BCUT2D eigenvalue weighted by molar-refractivity contribution is -0.117. The maximum atomic E-state index is 12.1. The minimum Gasteiger partial charge on any atom is -0.438 e. The Hall–Kier alpha value is -3.58. The van der Waals surface area contributed by atoms with E-state index < -0.39 is 0 Å². The summed E-state index contributed by atoms with van der Waals surface area (Å²) in [5.74, 6) is 1.42. The van der Waals surface area contributed by atoms with E-state index in [1.807, 2.05) is 36.4 Å². The van der Waals surface area contributed by atoms with Gasteiger partial charge in [-0.3, -0.25) is 9.69 Å². The molecule has 1 saturated carbocycles. The second kappa shape index (κ2) is 9.81. The van der Waals surface area contributed by atoms with Crippen LogP contribution < -0.4 is 10.1 Å². The molecule has 0 radical (unpaired) electrons. The Kier molecular flexibility index (Phi) is 5.94. The summed E-state index contributed by atoms with van der Waals surface area (Å²) >= 11 is 2.94. The van der Waals surface area contributed by atoms with Crippen molar-refractivity contribution < 1.29 is 14.3 Å². The minimum absolute atomic E-state index is 0.0629. The lowest BCUT2D eigenvalue weighted by Crippen LogP contribution is -2.36. The van der Waals surface area contributed by atoms with E-state index in [-0.39, 0.29) is 11.8 Å². The highest BCUT2D eigenvalue weighted by Gasteiger charge is 2.38. The Morgan fingerprint density at radius 2 is 2.10 bits per heavy atom. The molecular formula is C28H25N7O3S2. The average molecular weight is 572 g/mol. The van der Waals surface area contributed by atoms with E-state index in [0.717, 1.165) is 59.8 Å². The van der Waals surface area contributed by atoms with Crippen LogP contribution in [0.2, 0.25) is 0 Å². The number of likely N-dealkylation sites (tertiary alicyclic amines) is 1. The van der Waals surface area contributed by atoms with Crippen molar-refractivity contribution in [2.24, 2.45) is 5.92 Å². The summed E-state index contributed by atoms with van der Waals surface area (Å²) < 4.78 is 14.6. The molecule has 5 heterocycles. The zero-order valence-corrected chi connectivity index (χ0v) is 23.0. The van der Waals surface area contributed by atoms with Gasteiger partial charge in [-0.05, 0) is 73.0 Å². The van der Waals surface area contributed by atoms with Crippen molar-refractivity contribution in [3.8, 4) is 11.6 Å². The van der Waals surface area contributed by atoms with E-state index in [2.05, 4.69) is 48.7 Å². The molecule has 2 aliphatic heterocycles. The number of morpholine rings is 1. The van der Waals surface area contributed by atoms with E-state index >= 15 is 0 Å². The third-order valence-corrected chi connectivity index (χ3v) is 9.34. The molecular weight excluding hydrogens is 546 g/mol. The van der Waals surface area contributed by atoms with Gasteiger partial charge >= 0.3 is 0 Å². The number of hydrogen-bond donors (Lipinski definition) is 1. The molecule has 2 saturated heterocycles. The number of amides is 1. The zero-order valence-electron chi connectivity index (χ0n) is 21.4. The van der Waals surface area contributed by atoms with Crippen LogP contribution in [0.3, 0.4) is 0 Å². The van der Waals surface area contributed by atoms with Crippen LogP contribution >= 0.6 is 23.1 Å². The first-order valence-corrected chi connectivity index (χ1v) is 15.0. The van der Waals surface area contributed by atoms with Gasteiger partial charge in [0.2, 0.25) is 16.9 Å². The molecule has 1 amide bonds. The Labute approximate surface area is 237 Å². The third kappa shape index (κ3) is 4.81. The summed E-state index contributed by atoms with van der Waals surface area (Å²) in [4.78, 5) is 20.1. The third-order valence-electron chi connectivity index (χ3n) is 7.48.